The third-order valence-corrected chi connectivity index (χ3v) is 2.97. The summed E-state index contributed by atoms with van der Waals surface area (Å²) in [6.07, 6.45) is 1.43. The van der Waals surface area contributed by atoms with Gasteiger partial charge in [-0.15, -0.1) is 0 Å². The van der Waals surface area contributed by atoms with Gasteiger partial charge in [0.05, 0.1) is 11.8 Å². The fourth-order valence-electron chi connectivity index (χ4n) is 1.83. The number of hydrogen-bond acceptors (Lipinski definition) is 2. The molecule has 2 rings (SSSR count). The zero-order valence-corrected chi connectivity index (χ0v) is 11.2. The highest BCUT2D eigenvalue weighted by molar-refractivity contribution is 5.65. The number of rotatable bonds is 4. The van der Waals surface area contributed by atoms with E-state index in [9.17, 15) is 4.39 Å². The van der Waals surface area contributed by atoms with Crippen LogP contribution in [0.3, 0.4) is 0 Å². The van der Waals surface area contributed by atoms with E-state index in [1.54, 1.807) is 12.1 Å². The molecular weight excluding hydrogens is 251 g/mol. The molecule has 100 valence electrons. The summed E-state index contributed by atoms with van der Waals surface area (Å²) in [4.78, 5) is 0. The molecule has 0 aliphatic heterocycles. The van der Waals surface area contributed by atoms with E-state index < -0.39 is 0 Å². The fraction of sp³-hybridized carbons (Fsp3) is 0.118. The molecule has 0 atom stereocenters. The summed E-state index contributed by atoms with van der Waals surface area (Å²) in [5.41, 5.74) is 3.81. The van der Waals surface area contributed by atoms with Gasteiger partial charge >= 0.3 is 0 Å². The van der Waals surface area contributed by atoms with Crippen LogP contribution in [0.2, 0.25) is 0 Å². The first-order valence-electron chi connectivity index (χ1n) is 6.34. The quantitative estimate of drug-likeness (QED) is 0.855. The third-order valence-electron chi connectivity index (χ3n) is 2.97. The summed E-state index contributed by atoms with van der Waals surface area (Å²) < 4.78 is 12.9. The molecule has 1 N–H and O–H groups in total. The van der Waals surface area contributed by atoms with Crippen LogP contribution in [0.15, 0.2) is 54.6 Å². The Labute approximate surface area is 118 Å². The van der Waals surface area contributed by atoms with E-state index in [-0.39, 0.29) is 5.82 Å². The van der Waals surface area contributed by atoms with Crippen molar-refractivity contribution in [1.29, 1.82) is 5.26 Å². The van der Waals surface area contributed by atoms with Crippen molar-refractivity contribution >= 4 is 5.70 Å². The van der Waals surface area contributed by atoms with Crippen LogP contribution in [0.5, 0.6) is 0 Å². The molecule has 0 spiro atoms. The molecule has 0 aliphatic rings. The first-order valence-corrected chi connectivity index (χ1v) is 6.34. The smallest absolute Gasteiger partial charge is 0.123 e. The standard InChI is InChI=1S/C17H15FN2/c1-13-2-4-14(5-3-13)12-20-17(10-11-19)15-6-8-16(18)9-7-15/h2-10,20H,12H2,1H3/b17-10+. The number of benzene rings is 2. The van der Waals surface area contributed by atoms with Crippen LogP contribution in [0.1, 0.15) is 16.7 Å². The number of allylic oxidation sites excluding steroid dienone is 1. The van der Waals surface area contributed by atoms with Crippen molar-refractivity contribution in [3.8, 4) is 6.07 Å². The highest BCUT2D eigenvalue weighted by atomic mass is 19.1. The lowest BCUT2D eigenvalue weighted by Crippen LogP contribution is -2.11. The van der Waals surface area contributed by atoms with Gasteiger partial charge < -0.3 is 5.32 Å². The van der Waals surface area contributed by atoms with Gasteiger partial charge in [-0.1, -0.05) is 29.8 Å². The van der Waals surface area contributed by atoms with Gasteiger partial charge in [-0.05, 0) is 42.3 Å². The lowest BCUT2D eigenvalue weighted by Gasteiger charge is -2.10. The summed E-state index contributed by atoms with van der Waals surface area (Å²) in [6.45, 7) is 2.65. The monoisotopic (exact) mass is 266 g/mol. The average molecular weight is 266 g/mol. The Balaban J connectivity index is 2.11. The van der Waals surface area contributed by atoms with Gasteiger partial charge in [0, 0.05) is 12.6 Å². The average Bonchev–Trinajstić information content (AvgIpc) is 2.46. The summed E-state index contributed by atoms with van der Waals surface area (Å²) in [5.74, 6) is -0.288. The van der Waals surface area contributed by atoms with Gasteiger partial charge in [0.1, 0.15) is 5.82 Å². The predicted molar refractivity (Wildman–Crippen MR) is 78.0 cm³/mol. The maximum atomic E-state index is 12.9. The van der Waals surface area contributed by atoms with Crippen molar-refractivity contribution < 1.29 is 4.39 Å². The molecule has 0 amide bonds. The Morgan fingerprint density at radius 3 is 2.40 bits per heavy atom. The molecule has 2 aromatic carbocycles. The molecule has 0 unspecified atom stereocenters. The van der Waals surface area contributed by atoms with Crippen LogP contribution < -0.4 is 5.32 Å². The lowest BCUT2D eigenvalue weighted by atomic mass is 10.1. The van der Waals surface area contributed by atoms with E-state index in [1.807, 2.05) is 37.3 Å². The van der Waals surface area contributed by atoms with Crippen LogP contribution in [0.4, 0.5) is 4.39 Å². The van der Waals surface area contributed by atoms with E-state index in [0.717, 1.165) is 11.1 Å². The lowest BCUT2D eigenvalue weighted by molar-refractivity contribution is 0.627. The fourth-order valence-corrected chi connectivity index (χ4v) is 1.83. The molecule has 20 heavy (non-hydrogen) atoms. The van der Waals surface area contributed by atoms with Crippen molar-refractivity contribution in [2.45, 2.75) is 13.5 Å². The minimum atomic E-state index is -0.288. The van der Waals surface area contributed by atoms with E-state index in [1.165, 1.54) is 23.8 Å². The number of halogens is 1. The second-order valence-corrected chi connectivity index (χ2v) is 4.53. The molecule has 2 nitrogen and oxygen atoms in total. The largest absolute Gasteiger partial charge is 0.380 e. The molecule has 0 fully saturated rings. The summed E-state index contributed by atoms with van der Waals surface area (Å²) in [5, 5.41) is 12.1. The normalized spacial score (nSPS) is 10.9. The van der Waals surface area contributed by atoms with Gasteiger partial charge in [0.25, 0.3) is 0 Å². The third kappa shape index (κ3) is 3.69. The number of nitrogens with zero attached hydrogens (tertiary/aromatic N) is 1. The Hall–Kier alpha value is -2.60. The molecule has 0 radical (unpaired) electrons. The Morgan fingerprint density at radius 1 is 1.15 bits per heavy atom. The second kappa shape index (κ2) is 6.53. The van der Waals surface area contributed by atoms with Gasteiger partial charge in [-0.25, -0.2) is 4.39 Å². The van der Waals surface area contributed by atoms with Crippen molar-refractivity contribution in [3.05, 3.63) is 77.1 Å². The maximum absolute atomic E-state index is 12.9. The van der Waals surface area contributed by atoms with Crippen molar-refractivity contribution in [2.24, 2.45) is 0 Å². The Kier molecular flexibility index (Phi) is 4.52. The van der Waals surface area contributed by atoms with Gasteiger partial charge in [-0.3, -0.25) is 0 Å². The first-order chi connectivity index (χ1) is 9.69. The topological polar surface area (TPSA) is 35.8 Å². The summed E-state index contributed by atoms with van der Waals surface area (Å²) >= 11 is 0. The van der Waals surface area contributed by atoms with E-state index >= 15 is 0 Å². The predicted octanol–water partition coefficient (Wildman–Crippen LogP) is 3.79. The molecule has 0 aromatic heterocycles. The molecule has 2 aromatic rings. The van der Waals surface area contributed by atoms with Crippen molar-refractivity contribution in [3.63, 3.8) is 0 Å². The van der Waals surface area contributed by atoms with Crippen LogP contribution in [-0.2, 0) is 6.54 Å². The van der Waals surface area contributed by atoms with Crippen LogP contribution >= 0.6 is 0 Å². The second-order valence-electron chi connectivity index (χ2n) is 4.53. The molecule has 0 heterocycles. The zero-order valence-electron chi connectivity index (χ0n) is 11.2. The van der Waals surface area contributed by atoms with Crippen molar-refractivity contribution in [1.82, 2.24) is 5.32 Å². The molecular formula is C17H15FN2. The Morgan fingerprint density at radius 2 is 1.80 bits per heavy atom. The number of nitrogens with one attached hydrogen (secondary N) is 1. The molecule has 0 saturated carbocycles. The number of aryl methyl sites for hydroxylation is 1. The van der Waals surface area contributed by atoms with E-state index in [4.69, 9.17) is 5.26 Å². The van der Waals surface area contributed by atoms with E-state index in [2.05, 4.69) is 5.32 Å². The SMILES string of the molecule is Cc1ccc(CN/C(=C/C#N)c2ccc(F)cc2)cc1. The number of nitriles is 1. The maximum Gasteiger partial charge on any atom is 0.123 e. The van der Waals surface area contributed by atoms with Crippen LogP contribution in [0.25, 0.3) is 5.70 Å². The number of hydrogen-bond donors (Lipinski definition) is 1. The molecule has 3 heteroatoms. The molecule has 0 saturated heterocycles. The highest BCUT2D eigenvalue weighted by Gasteiger charge is 2.02. The van der Waals surface area contributed by atoms with Crippen LogP contribution in [0, 0.1) is 24.1 Å². The Bertz CT molecular complexity index is 634. The van der Waals surface area contributed by atoms with E-state index in [0.29, 0.717) is 12.2 Å². The summed E-state index contributed by atoms with van der Waals surface area (Å²) in [7, 11) is 0. The highest BCUT2D eigenvalue weighted by Crippen LogP contribution is 2.13. The minimum Gasteiger partial charge on any atom is -0.380 e. The van der Waals surface area contributed by atoms with Gasteiger partial charge in [-0.2, -0.15) is 5.26 Å². The van der Waals surface area contributed by atoms with Gasteiger partial charge in [0.15, 0.2) is 0 Å². The van der Waals surface area contributed by atoms with Gasteiger partial charge in [0.2, 0.25) is 0 Å². The molecule has 0 aliphatic carbocycles. The van der Waals surface area contributed by atoms with Crippen molar-refractivity contribution in [2.75, 3.05) is 0 Å². The zero-order chi connectivity index (χ0) is 14.4. The minimum absolute atomic E-state index is 0.288. The first kappa shape index (κ1) is 13.8. The van der Waals surface area contributed by atoms with Crippen LogP contribution in [-0.4, -0.2) is 0 Å². The molecule has 0 bridgehead atoms. The summed E-state index contributed by atoms with van der Waals surface area (Å²) in [6, 6.07) is 16.2.